The standard InChI is InChI=1S/C44H33N3S2/c1-29-13-7-8-16-32(29)27-38-30(2)37-23-24-41-43(49-40-22-10-9-21-39(40)48-41)42(37)47(38)36-20-12-18-34(26-36)33-17-11-19-35(25-33)44(45-3)46-28-31-14-5-4-6-15-31/h4-27H,1,3,28H2,2H3/b32-27-,46-44?. The fourth-order valence-electron chi connectivity index (χ4n) is 6.44. The van der Waals surface area contributed by atoms with Crippen LogP contribution in [0.1, 0.15) is 22.4 Å². The molecular weight excluding hydrogens is 635 g/mol. The van der Waals surface area contributed by atoms with E-state index < -0.39 is 0 Å². The second-order valence-corrected chi connectivity index (χ2v) is 14.2. The molecule has 5 heteroatoms. The predicted octanol–water partition coefficient (Wildman–Crippen LogP) is 10.1. The molecule has 1 aromatic heterocycles. The lowest BCUT2D eigenvalue weighted by Gasteiger charge is -2.21. The molecule has 0 atom stereocenters. The van der Waals surface area contributed by atoms with Gasteiger partial charge in [-0.3, -0.25) is 4.99 Å². The molecule has 0 saturated heterocycles. The summed E-state index contributed by atoms with van der Waals surface area (Å²) in [6.07, 6.45) is 2.29. The average Bonchev–Trinajstić information content (AvgIpc) is 3.43. The van der Waals surface area contributed by atoms with E-state index in [-0.39, 0.29) is 0 Å². The summed E-state index contributed by atoms with van der Waals surface area (Å²) in [4.78, 5) is 14.3. The Balaban J connectivity index is 1.29. The third kappa shape index (κ3) is 5.97. The molecule has 0 bridgehead atoms. The second-order valence-electron chi connectivity index (χ2n) is 12.0. The van der Waals surface area contributed by atoms with Crippen molar-refractivity contribution in [3.8, 4) is 16.8 Å². The van der Waals surface area contributed by atoms with Crippen LogP contribution in [0.25, 0.3) is 40.4 Å². The Kier molecular flexibility index (Phi) is 8.38. The third-order valence-electron chi connectivity index (χ3n) is 8.94. The summed E-state index contributed by atoms with van der Waals surface area (Å²) in [5.74, 6) is 0.638. The summed E-state index contributed by atoms with van der Waals surface area (Å²) < 4.78 is 2.45. The van der Waals surface area contributed by atoms with Crippen molar-refractivity contribution in [3.63, 3.8) is 0 Å². The molecule has 236 valence electrons. The number of rotatable bonds is 6. The summed E-state index contributed by atoms with van der Waals surface area (Å²) >= 11 is 3.72. The van der Waals surface area contributed by atoms with Crippen LogP contribution in [0.15, 0.2) is 169 Å². The van der Waals surface area contributed by atoms with Crippen molar-refractivity contribution >= 4 is 59.6 Å². The number of aromatic nitrogens is 1. The van der Waals surface area contributed by atoms with Crippen LogP contribution in [0.2, 0.25) is 0 Å². The molecule has 6 aromatic carbocycles. The normalized spacial score (nSPS) is 12.9. The van der Waals surface area contributed by atoms with Gasteiger partial charge in [-0.25, -0.2) is 4.99 Å². The lowest BCUT2D eigenvalue weighted by Crippen LogP contribution is -2.22. The van der Waals surface area contributed by atoms with E-state index in [0.717, 1.165) is 44.1 Å². The number of fused-ring (bicyclic) bond motifs is 4. The van der Waals surface area contributed by atoms with Gasteiger partial charge in [0.2, 0.25) is 0 Å². The Morgan fingerprint density at radius 3 is 2.22 bits per heavy atom. The Morgan fingerprint density at radius 2 is 1.43 bits per heavy atom. The lowest BCUT2D eigenvalue weighted by atomic mass is 10.0. The van der Waals surface area contributed by atoms with Crippen LogP contribution >= 0.6 is 23.5 Å². The molecule has 1 aliphatic rings. The van der Waals surface area contributed by atoms with E-state index in [9.17, 15) is 0 Å². The fourth-order valence-corrected chi connectivity index (χ4v) is 8.82. The minimum absolute atomic E-state index is 0.551. The molecule has 0 saturated carbocycles. The highest BCUT2D eigenvalue weighted by Crippen LogP contribution is 2.52. The smallest absolute Gasteiger partial charge is 0.154 e. The van der Waals surface area contributed by atoms with E-state index in [1.165, 1.54) is 36.0 Å². The van der Waals surface area contributed by atoms with Gasteiger partial charge in [0.1, 0.15) is 0 Å². The molecule has 0 unspecified atom stereocenters. The number of amidine groups is 1. The zero-order valence-electron chi connectivity index (χ0n) is 27.1. The van der Waals surface area contributed by atoms with Crippen molar-refractivity contribution in [1.29, 1.82) is 0 Å². The summed E-state index contributed by atoms with van der Waals surface area (Å²) in [6.45, 7) is 11.0. The zero-order valence-corrected chi connectivity index (χ0v) is 28.8. The first-order chi connectivity index (χ1) is 24.1. The number of hydrogen-bond acceptors (Lipinski definition) is 3. The molecule has 0 aliphatic carbocycles. The van der Waals surface area contributed by atoms with Gasteiger partial charge in [-0.1, -0.05) is 133 Å². The molecule has 1 aliphatic heterocycles. The minimum Gasteiger partial charge on any atom is -0.308 e. The van der Waals surface area contributed by atoms with Gasteiger partial charge in [0.25, 0.3) is 0 Å². The molecule has 0 N–H and O–H groups in total. The van der Waals surface area contributed by atoms with Crippen molar-refractivity contribution in [2.75, 3.05) is 0 Å². The SMILES string of the molecule is C=NC(=NCc1ccccc1)c1cccc(-c2cccc(-n3c(/C=c4/ccccc4=C)c(C)c4ccc5c(c43)Sc3ccccc3S5)c2)c1. The Bertz CT molecular complexity index is 2530. The zero-order chi connectivity index (χ0) is 33.3. The molecule has 7 aromatic rings. The van der Waals surface area contributed by atoms with Gasteiger partial charge >= 0.3 is 0 Å². The minimum atomic E-state index is 0.551. The third-order valence-corrected chi connectivity index (χ3v) is 11.5. The molecule has 0 amide bonds. The molecule has 8 rings (SSSR count). The molecule has 0 spiro atoms. The second kappa shape index (κ2) is 13.3. The topological polar surface area (TPSA) is 29.6 Å². The van der Waals surface area contributed by atoms with Gasteiger partial charge in [-0.05, 0) is 88.8 Å². The van der Waals surface area contributed by atoms with Crippen LogP contribution in [0, 0.1) is 6.92 Å². The van der Waals surface area contributed by atoms with E-state index in [0.29, 0.717) is 12.4 Å². The quantitative estimate of drug-likeness (QED) is 0.131. The summed E-state index contributed by atoms with van der Waals surface area (Å²) in [5.41, 5.74) is 9.02. The van der Waals surface area contributed by atoms with Crippen LogP contribution in [-0.4, -0.2) is 17.1 Å². The molecule has 49 heavy (non-hydrogen) atoms. The number of nitrogens with zero attached hydrogens (tertiary/aromatic N) is 3. The Labute approximate surface area is 295 Å². The highest BCUT2D eigenvalue weighted by Gasteiger charge is 2.24. The monoisotopic (exact) mass is 667 g/mol. The summed E-state index contributed by atoms with van der Waals surface area (Å²) in [6, 6.07) is 49.1. The Morgan fingerprint density at radius 1 is 0.714 bits per heavy atom. The first-order valence-corrected chi connectivity index (χ1v) is 17.9. The molecule has 0 radical (unpaired) electrons. The Hall–Kier alpha value is -5.36. The largest absolute Gasteiger partial charge is 0.308 e. The van der Waals surface area contributed by atoms with Gasteiger partial charge in [0, 0.05) is 31.3 Å². The number of hydrogen-bond donors (Lipinski definition) is 0. The van der Waals surface area contributed by atoms with Crippen LogP contribution in [0.3, 0.4) is 0 Å². The predicted molar refractivity (Wildman–Crippen MR) is 209 cm³/mol. The number of aliphatic imine (C=N–C) groups is 2. The highest BCUT2D eigenvalue weighted by molar-refractivity contribution is 8.05. The maximum atomic E-state index is 4.80. The van der Waals surface area contributed by atoms with Crippen molar-refractivity contribution in [1.82, 2.24) is 4.57 Å². The van der Waals surface area contributed by atoms with Crippen molar-refractivity contribution in [3.05, 3.63) is 172 Å². The van der Waals surface area contributed by atoms with Gasteiger partial charge in [0.15, 0.2) is 5.84 Å². The highest BCUT2D eigenvalue weighted by atomic mass is 32.2. The van der Waals surface area contributed by atoms with Gasteiger partial charge in [-0.15, -0.1) is 0 Å². The van der Waals surface area contributed by atoms with Crippen molar-refractivity contribution in [2.24, 2.45) is 9.98 Å². The van der Waals surface area contributed by atoms with Crippen LogP contribution < -0.4 is 10.4 Å². The van der Waals surface area contributed by atoms with Crippen molar-refractivity contribution in [2.45, 2.75) is 33.1 Å². The maximum absolute atomic E-state index is 4.80. The van der Waals surface area contributed by atoms with Crippen LogP contribution in [0.5, 0.6) is 0 Å². The molecule has 3 nitrogen and oxygen atoms in total. The lowest BCUT2D eigenvalue weighted by molar-refractivity contribution is 1.06. The first-order valence-electron chi connectivity index (χ1n) is 16.2. The van der Waals surface area contributed by atoms with Gasteiger partial charge < -0.3 is 4.57 Å². The maximum Gasteiger partial charge on any atom is 0.154 e. The fraction of sp³-hybridized carbons (Fsp3) is 0.0455. The van der Waals surface area contributed by atoms with Crippen LogP contribution in [-0.2, 0) is 6.54 Å². The summed E-state index contributed by atoms with van der Waals surface area (Å²) in [7, 11) is 0. The van der Waals surface area contributed by atoms with E-state index in [1.54, 1.807) is 0 Å². The first kappa shape index (κ1) is 30.9. The summed E-state index contributed by atoms with van der Waals surface area (Å²) in [5, 5.41) is 3.37. The number of benzene rings is 6. The van der Waals surface area contributed by atoms with Gasteiger partial charge in [0.05, 0.1) is 22.7 Å². The average molecular weight is 668 g/mol. The van der Waals surface area contributed by atoms with E-state index >= 15 is 0 Å². The van der Waals surface area contributed by atoms with E-state index in [1.807, 2.05) is 47.8 Å². The van der Waals surface area contributed by atoms with Gasteiger partial charge in [-0.2, -0.15) is 0 Å². The van der Waals surface area contributed by atoms with E-state index in [4.69, 9.17) is 4.99 Å². The number of aryl methyl sites for hydroxylation is 1. The van der Waals surface area contributed by atoms with Crippen molar-refractivity contribution < 1.29 is 0 Å². The molecule has 0 fully saturated rings. The molecule has 2 heterocycles. The molecular formula is C44H33N3S2. The van der Waals surface area contributed by atoms with E-state index in [2.05, 4.69) is 151 Å². The van der Waals surface area contributed by atoms with Crippen LogP contribution in [0.4, 0.5) is 0 Å².